The van der Waals surface area contributed by atoms with Gasteiger partial charge in [-0.3, -0.25) is 0 Å². The van der Waals surface area contributed by atoms with Crippen LogP contribution in [-0.4, -0.2) is 9.55 Å². The van der Waals surface area contributed by atoms with Crippen molar-refractivity contribution in [3.8, 4) is 0 Å². The van der Waals surface area contributed by atoms with Gasteiger partial charge in [-0.05, 0) is 26.8 Å². The maximum absolute atomic E-state index is 4.35. The minimum atomic E-state index is 0.135. The smallest absolute Gasteiger partial charge is 0.0819 e. The Labute approximate surface area is 98.5 Å². The molecule has 0 fully saturated rings. The van der Waals surface area contributed by atoms with Crippen LogP contribution in [-0.2, 0) is 5.54 Å². The monoisotopic (exact) mass is 230 g/mol. The summed E-state index contributed by atoms with van der Waals surface area (Å²) in [6, 6.07) is 4.25. The van der Waals surface area contributed by atoms with Crippen molar-refractivity contribution in [2.75, 3.05) is 0 Å². The zero-order valence-electron chi connectivity index (χ0n) is 9.69. The predicted octanol–water partition coefficient (Wildman–Crippen LogP) is 4.01. The molecule has 2 aromatic heterocycles. The summed E-state index contributed by atoms with van der Waals surface area (Å²) in [4.78, 5) is 4.35. The highest BCUT2D eigenvalue weighted by molar-refractivity contribution is 7.17. The predicted molar refractivity (Wildman–Crippen MR) is 70.1 cm³/mol. The normalized spacial score (nSPS) is 12.7. The summed E-state index contributed by atoms with van der Waals surface area (Å²) in [5.74, 6) is 0. The quantitative estimate of drug-likeness (QED) is 0.570. The highest BCUT2D eigenvalue weighted by atomic mass is 32.1. The van der Waals surface area contributed by atoms with E-state index in [1.807, 2.05) is 5.51 Å². The Balaban J connectivity index is 2.39. The number of nitrogens with zero attached hydrogens (tertiary/aromatic N) is 2. The molecular formula is C13H14N2S. The van der Waals surface area contributed by atoms with E-state index in [0.717, 1.165) is 5.52 Å². The van der Waals surface area contributed by atoms with Crippen molar-refractivity contribution in [3.63, 3.8) is 0 Å². The van der Waals surface area contributed by atoms with E-state index < -0.39 is 0 Å². The lowest BCUT2D eigenvalue weighted by molar-refractivity contribution is 0.400. The van der Waals surface area contributed by atoms with Gasteiger partial charge in [0.05, 0.1) is 15.7 Å². The van der Waals surface area contributed by atoms with E-state index in [1.165, 1.54) is 15.5 Å². The maximum atomic E-state index is 4.35. The molecule has 0 aliphatic rings. The Morgan fingerprint density at radius 1 is 1.19 bits per heavy atom. The van der Waals surface area contributed by atoms with E-state index in [2.05, 4.69) is 54.8 Å². The molecule has 3 aromatic rings. The lowest BCUT2D eigenvalue weighted by Gasteiger charge is -2.20. The summed E-state index contributed by atoms with van der Waals surface area (Å²) in [7, 11) is 0. The Kier molecular flexibility index (Phi) is 1.89. The molecule has 0 spiro atoms. The van der Waals surface area contributed by atoms with E-state index >= 15 is 0 Å². The summed E-state index contributed by atoms with van der Waals surface area (Å²) in [5.41, 5.74) is 3.15. The Bertz CT molecular complexity index is 655. The van der Waals surface area contributed by atoms with Gasteiger partial charge in [0.25, 0.3) is 0 Å². The molecule has 0 saturated carbocycles. The van der Waals surface area contributed by atoms with Crippen LogP contribution >= 0.6 is 11.3 Å². The zero-order chi connectivity index (χ0) is 11.3. The molecule has 0 aliphatic carbocycles. The molecule has 0 amide bonds. The minimum Gasteiger partial charge on any atom is -0.348 e. The van der Waals surface area contributed by atoms with Crippen LogP contribution in [0.5, 0.6) is 0 Å². The van der Waals surface area contributed by atoms with Crippen LogP contribution in [0, 0.1) is 0 Å². The molecule has 16 heavy (non-hydrogen) atoms. The third-order valence-corrected chi connectivity index (χ3v) is 3.77. The number of aromatic nitrogens is 2. The van der Waals surface area contributed by atoms with E-state index in [1.54, 1.807) is 11.3 Å². The van der Waals surface area contributed by atoms with Crippen LogP contribution in [0.2, 0.25) is 0 Å². The van der Waals surface area contributed by atoms with Gasteiger partial charge in [-0.15, -0.1) is 11.3 Å². The molecule has 0 atom stereocenters. The fourth-order valence-corrected chi connectivity index (χ4v) is 2.73. The fourth-order valence-electron chi connectivity index (χ4n) is 1.92. The molecule has 3 heteroatoms. The third kappa shape index (κ3) is 1.35. The fraction of sp³-hybridized carbons (Fsp3) is 0.308. The summed E-state index contributed by atoms with van der Waals surface area (Å²) in [6.07, 6.45) is 4.45. The molecule has 0 aliphatic heterocycles. The topological polar surface area (TPSA) is 17.8 Å². The van der Waals surface area contributed by atoms with Gasteiger partial charge in [-0.2, -0.15) is 0 Å². The molecule has 0 N–H and O–H groups in total. The van der Waals surface area contributed by atoms with Crippen molar-refractivity contribution in [3.05, 3.63) is 30.0 Å². The van der Waals surface area contributed by atoms with E-state index in [4.69, 9.17) is 0 Å². The summed E-state index contributed by atoms with van der Waals surface area (Å²) in [6.45, 7) is 6.65. The maximum Gasteiger partial charge on any atom is 0.0819 e. The van der Waals surface area contributed by atoms with Crippen LogP contribution in [0.1, 0.15) is 20.8 Å². The first-order valence-electron chi connectivity index (χ1n) is 5.40. The van der Waals surface area contributed by atoms with Crippen molar-refractivity contribution >= 4 is 32.3 Å². The van der Waals surface area contributed by atoms with Crippen LogP contribution in [0.15, 0.2) is 30.0 Å². The molecule has 3 rings (SSSR count). The lowest BCUT2D eigenvalue weighted by Crippen LogP contribution is -2.19. The number of benzene rings is 1. The van der Waals surface area contributed by atoms with Crippen LogP contribution < -0.4 is 0 Å². The van der Waals surface area contributed by atoms with Crippen molar-refractivity contribution in [1.29, 1.82) is 0 Å². The van der Waals surface area contributed by atoms with Crippen molar-refractivity contribution in [2.24, 2.45) is 0 Å². The van der Waals surface area contributed by atoms with Gasteiger partial charge in [-0.25, -0.2) is 4.98 Å². The van der Waals surface area contributed by atoms with Crippen molar-refractivity contribution < 1.29 is 0 Å². The van der Waals surface area contributed by atoms with E-state index in [9.17, 15) is 0 Å². The average molecular weight is 230 g/mol. The molecule has 0 radical (unpaired) electrons. The van der Waals surface area contributed by atoms with Gasteiger partial charge in [-0.1, -0.05) is 6.07 Å². The molecule has 0 unspecified atom stereocenters. The average Bonchev–Trinajstić information content (AvgIpc) is 2.81. The van der Waals surface area contributed by atoms with Gasteiger partial charge >= 0.3 is 0 Å². The van der Waals surface area contributed by atoms with E-state index in [-0.39, 0.29) is 5.54 Å². The van der Waals surface area contributed by atoms with Crippen molar-refractivity contribution in [2.45, 2.75) is 26.3 Å². The molecule has 0 bridgehead atoms. The van der Waals surface area contributed by atoms with Crippen molar-refractivity contribution in [1.82, 2.24) is 9.55 Å². The summed E-state index contributed by atoms with van der Waals surface area (Å²) >= 11 is 1.72. The number of rotatable bonds is 0. The molecule has 1 aromatic carbocycles. The first-order chi connectivity index (χ1) is 7.55. The van der Waals surface area contributed by atoms with E-state index in [0.29, 0.717) is 0 Å². The second-order valence-electron chi connectivity index (χ2n) is 5.11. The number of hydrogen-bond donors (Lipinski definition) is 0. The standard InChI is InChI=1S/C13H14N2S/c1-13(2,3)15-6-9-4-5-11-12(10(9)7-15)16-8-14-11/h4-8H,1-3H3. The van der Waals surface area contributed by atoms with Crippen LogP contribution in [0.4, 0.5) is 0 Å². The van der Waals surface area contributed by atoms with Gasteiger partial charge in [0.15, 0.2) is 0 Å². The Morgan fingerprint density at radius 3 is 2.75 bits per heavy atom. The Morgan fingerprint density at radius 2 is 2.00 bits per heavy atom. The summed E-state index contributed by atoms with van der Waals surface area (Å²) < 4.78 is 3.57. The Hall–Kier alpha value is -1.35. The van der Waals surface area contributed by atoms with Gasteiger partial charge in [0.2, 0.25) is 0 Å². The molecule has 0 saturated heterocycles. The molecule has 2 nitrogen and oxygen atoms in total. The minimum absolute atomic E-state index is 0.135. The van der Waals surface area contributed by atoms with Gasteiger partial charge in [0, 0.05) is 28.7 Å². The summed E-state index contributed by atoms with van der Waals surface area (Å²) in [5, 5.41) is 2.61. The highest BCUT2D eigenvalue weighted by Crippen LogP contribution is 2.30. The van der Waals surface area contributed by atoms with Crippen LogP contribution in [0.25, 0.3) is 21.0 Å². The SMILES string of the molecule is CC(C)(C)n1cc2ccc3ncsc3c2c1. The lowest BCUT2D eigenvalue weighted by atomic mass is 10.1. The molecule has 82 valence electrons. The number of fused-ring (bicyclic) bond motifs is 3. The largest absolute Gasteiger partial charge is 0.348 e. The van der Waals surface area contributed by atoms with Crippen LogP contribution in [0.3, 0.4) is 0 Å². The third-order valence-electron chi connectivity index (χ3n) is 2.89. The second kappa shape index (κ2) is 3.08. The second-order valence-corrected chi connectivity index (χ2v) is 5.96. The highest BCUT2D eigenvalue weighted by Gasteiger charge is 2.14. The number of hydrogen-bond acceptors (Lipinski definition) is 2. The van der Waals surface area contributed by atoms with Gasteiger partial charge in [0.1, 0.15) is 0 Å². The molecule has 2 heterocycles. The van der Waals surface area contributed by atoms with Gasteiger partial charge < -0.3 is 4.57 Å². The first-order valence-corrected chi connectivity index (χ1v) is 6.28. The number of thiazole rings is 1. The zero-order valence-corrected chi connectivity index (χ0v) is 10.5. The molecular weight excluding hydrogens is 216 g/mol. The first kappa shape index (κ1) is 9.85.